The van der Waals surface area contributed by atoms with Crippen LogP contribution in [0.4, 0.5) is 14.6 Å². The number of hydrogen-bond acceptors (Lipinski definition) is 7. The Hall–Kier alpha value is -3.87. The molecule has 4 atom stereocenters. The largest absolute Gasteiger partial charge is 0.461 e. The van der Waals surface area contributed by atoms with Crippen molar-refractivity contribution < 1.29 is 13.5 Å². The zero-order valence-electron chi connectivity index (χ0n) is 23.3. The summed E-state index contributed by atoms with van der Waals surface area (Å²) in [5.74, 6) is 3.87. The fourth-order valence-electron chi connectivity index (χ4n) is 7.85. The summed E-state index contributed by atoms with van der Waals surface area (Å²) in [5.41, 5.74) is 1.29. The van der Waals surface area contributed by atoms with E-state index in [1.165, 1.54) is 0 Å². The molecule has 0 unspecified atom stereocenters. The predicted octanol–water partition coefficient (Wildman–Crippen LogP) is 4.58. The van der Waals surface area contributed by atoms with E-state index in [-0.39, 0.29) is 29.4 Å². The Morgan fingerprint density at radius 1 is 1.10 bits per heavy atom. The third-order valence-corrected chi connectivity index (χ3v) is 9.88. The molecule has 0 amide bonds. The van der Waals surface area contributed by atoms with Crippen LogP contribution in [-0.4, -0.2) is 77.4 Å². The van der Waals surface area contributed by atoms with Gasteiger partial charge in [-0.1, -0.05) is 36.3 Å². The summed E-state index contributed by atoms with van der Waals surface area (Å²) in [6.45, 7) is 5.16. The molecule has 0 radical (unpaired) electrons. The maximum atomic E-state index is 16.7. The van der Waals surface area contributed by atoms with Gasteiger partial charge in [0.05, 0.1) is 10.9 Å². The first kappa shape index (κ1) is 25.8. The van der Waals surface area contributed by atoms with E-state index < -0.39 is 12.0 Å². The molecular weight excluding hydrogens is 534 g/mol. The summed E-state index contributed by atoms with van der Waals surface area (Å²) >= 11 is 0. The lowest BCUT2D eigenvalue weighted by molar-refractivity contribution is 0.107. The summed E-state index contributed by atoms with van der Waals surface area (Å²) in [6, 6.07) is 11.5. The predicted molar refractivity (Wildman–Crippen MR) is 159 cm³/mol. The average Bonchev–Trinajstić information content (AvgIpc) is 3.76. The number of fused-ring (bicyclic) bond motifs is 4. The first-order valence-electron chi connectivity index (χ1n) is 14.9. The molecule has 1 N–H and O–H groups in total. The Bertz CT molecular complexity index is 1740. The smallest absolute Gasteiger partial charge is 0.319 e. The van der Waals surface area contributed by atoms with Crippen molar-refractivity contribution in [2.75, 3.05) is 50.8 Å². The van der Waals surface area contributed by atoms with E-state index in [1.54, 1.807) is 6.20 Å². The van der Waals surface area contributed by atoms with Crippen LogP contribution < -0.4 is 15.0 Å². The Kier molecular flexibility index (Phi) is 6.06. The number of aromatic nitrogens is 3. The number of hydrogen-bond donors (Lipinski definition) is 1. The summed E-state index contributed by atoms with van der Waals surface area (Å²) in [4.78, 5) is 18.5. The van der Waals surface area contributed by atoms with Gasteiger partial charge in [-0.05, 0) is 42.7 Å². The number of nitrogens with one attached hydrogen (secondary N) is 1. The molecule has 4 aromatic rings. The van der Waals surface area contributed by atoms with E-state index in [1.807, 2.05) is 36.4 Å². The maximum absolute atomic E-state index is 16.7. The van der Waals surface area contributed by atoms with Crippen molar-refractivity contribution in [1.82, 2.24) is 25.2 Å². The lowest BCUT2D eigenvalue weighted by Gasteiger charge is -2.31. The van der Waals surface area contributed by atoms with Gasteiger partial charge in [0.1, 0.15) is 29.8 Å². The zero-order valence-corrected chi connectivity index (χ0v) is 23.3. The number of nitrogens with zero attached hydrogens (tertiary/aromatic N) is 5. The van der Waals surface area contributed by atoms with Crippen molar-refractivity contribution >= 4 is 27.5 Å². The minimum absolute atomic E-state index is 0.120. The molecule has 9 heteroatoms. The molecule has 0 spiro atoms. The van der Waals surface area contributed by atoms with Gasteiger partial charge in [0, 0.05) is 61.9 Å². The third kappa shape index (κ3) is 4.03. The Balaban J connectivity index is 1.25. The Morgan fingerprint density at radius 2 is 1.90 bits per heavy atom. The van der Waals surface area contributed by atoms with Crippen LogP contribution in [0.3, 0.4) is 0 Å². The lowest BCUT2D eigenvalue weighted by Crippen LogP contribution is -2.43. The fraction of sp³-hybridized carbons (Fsp3) is 0.424. The van der Waals surface area contributed by atoms with Gasteiger partial charge < -0.3 is 15.0 Å². The van der Waals surface area contributed by atoms with Crippen molar-refractivity contribution in [3.63, 3.8) is 0 Å². The molecule has 4 aliphatic heterocycles. The SMILES string of the molecule is C#Cc1cccc2cccc(-c3ncc4c(N5C[C@H]6CNC[C@H]6C5)nc(OC[C@@]56CCCN5C[C@H](F)C6)nc4c3F)c12. The maximum Gasteiger partial charge on any atom is 0.319 e. The second-order valence-corrected chi connectivity index (χ2v) is 12.3. The van der Waals surface area contributed by atoms with Gasteiger partial charge >= 0.3 is 6.01 Å². The summed E-state index contributed by atoms with van der Waals surface area (Å²) in [6.07, 6.45) is 8.98. The van der Waals surface area contributed by atoms with Gasteiger partial charge in [-0.2, -0.15) is 9.97 Å². The van der Waals surface area contributed by atoms with Crippen LogP contribution in [0.2, 0.25) is 0 Å². The molecule has 2 aromatic heterocycles. The highest BCUT2D eigenvalue weighted by atomic mass is 19.1. The molecule has 4 saturated heterocycles. The van der Waals surface area contributed by atoms with Crippen LogP contribution >= 0.6 is 0 Å². The van der Waals surface area contributed by atoms with Gasteiger partial charge in [0.2, 0.25) is 0 Å². The second-order valence-electron chi connectivity index (χ2n) is 12.3. The van der Waals surface area contributed by atoms with Crippen LogP contribution in [0, 0.1) is 30.0 Å². The number of anilines is 1. The highest BCUT2D eigenvalue weighted by molar-refractivity contribution is 6.02. The highest BCUT2D eigenvalue weighted by Gasteiger charge is 2.49. The van der Waals surface area contributed by atoms with Gasteiger partial charge in [0.15, 0.2) is 5.82 Å². The third-order valence-electron chi connectivity index (χ3n) is 9.88. The molecule has 4 fully saturated rings. The lowest BCUT2D eigenvalue weighted by atomic mass is 9.95. The Morgan fingerprint density at radius 3 is 2.71 bits per heavy atom. The van der Waals surface area contributed by atoms with E-state index >= 15 is 4.39 Å². The van der Waals surface area contributed by atoms with Crippen LogP contribution in [0.5, 0.6) is 6.01 Å². The van der Waals surface area contributed by atoms with E-state index in [2.05, 4.69) is 31.0 Å². The molecule has 0 bridgehead atoms. The van der Waals surface area contributed by atoms with Crippen molar-refractivity contribution in [1.29, 1.82) is 0 Å². The molecule has 42 heavy (non-hydrogen) atoms. The topological polar surface area (TPSA) is 66.4 Å². The molecule has 214 valence electrons. The number of terminal acetylenes is 1. The molecule has 7 nitrogen and oxygen atoms in total. The van der Waals surface area contributed by atoms with E-state index in [9.17, 15) is 4.39 Å². The molecular formula is C33H32F2N6O. The van der Waals surface area contributed by atoms with E-state index in [0.717, 1.165) is 56.3 Å². The fourth-order valence-corrected chi connectivity index (χ4v) is 7.85. The van der Waals surface area contributed by atoms with Crippen molar-refractivity contribution in [2.45, 2.75) is 31.0 Å². The van der Waals surface area contributed by atoms with E-state index in [4.69, 9.17) is 16.1 Å². The number of ether oxygens (including phenoxy) is 1. The molecule has 0 saturated carbocycles. The van der Waals surface area contributed by atoms with Crippen molar-refractivity contribution in [2.24, 2.45) is 11.8 Å². The minimum Gasteiger partial charge on any atom is -0.461 e. The summed E-state index contributed by atoms with van der Waals surface area (Å²) < 4.78 is 37.3. The Labute approximate surface area is 243 Å². The average molecular weight is 567 g/mol. The van der Waals surface area contributed by atoms with Gasteiger partial charge in [0.25, 0.3) is 0 Å². The number of pyridine rings is 1. The normalized spacial score (nSPS) is 27.1. The monoisotopic (exact) mass is 566 g/mol. The van der Waals surface area contributed by atoms with Crippen molar-refractivity contribution in [3.05, 3.63) is 54.0 Å². The first-order valence-corrected chi connectivity index (χ1v) is 14.9. The number of benzene rings is 2. The van der Waals surface area contributed by atoms with Gasteiger partial charge in [-0.25, -0.2) is 8.78 Å². The second kappa shape index (κ2) is 9.85. The van der Waals surface area contributed by atoms with Gasteiger partial charge in [-0.3, -0.25) is 9.88 Å². The summed E-state index contributed by atoms with van der Waals surface area (Å²) in [7, 11) is 0. The molecule has 4 aliphatic rings. The van der Waals surface area contributed by atoms with Crippen molar-refractivity contribution in [3.8, 4) is 29.6 Å². The van der Waals surface area contributed by atoms with Crippen LogP contribution in [0.1, 0.15) is 24.8 Å². The minimum atomic E-state index is -0.862. The summed E-state index contributed by atoms with van der Waals surface area (Å²) in [5, 5.41) is 5.72. The molecule has 2 aromatic carbocycles. The van der Waals surface area contributed by atoms with Crippen LogP contribution in [0.25, 0.3) is 32.9 Å². The molecule has 6 heterocycles. The standard InChI is InChI=1S/C33H32F2N6O/c1-2-20-6-3-7-21-8-4-9-25(27(20)21)29-28(35)30-26(15-37-29)31(40-16-22-13-36-14-23(22)17-40)39-32(38-30)42-19-33-10-5-11-41(33)18-24(34)12-33/h1,3-4,6-9,15,22-24,36H,5,10-14,16-19H2/t22-,23+,24-,33+/m1/s1. The number of alkyl halides is 1. The zero-order chi connectivity index (χ0) is 28.4. The quantitative estimate of drug-likeness (QED) is 0.355. The number of halogens is 2. The highest BCUT2D eigenvalue weighted by Crippen LogP contribution is 2.41. The first-order chi connectivity index (χ1) is 20.5. The van der Waals surface area contributed by atoms with Gasteiger partial charge in [-0.15, -0.1) is 6.42 Å². The molecule has 8 rings (SSSR count). The number of rotatable bonds is 5. The van der Waals surface area contributed by atoms with Crippen LogP contribution in [-0.2, 0) is 0 Å². The van der Waals surface area contributed by atoms with E-state index in [0.29, 0.717) is 47.1 Å². The molecule has 0 aliphatic carbocycles. The van der Waals surface area contributed by atoms with Crippen LogP contribution in [0.15, 0.2) is 42.6 Å².